The predicted octanol–water partition coefficient (Wildman–Crippen LogP) is 3.98. The Hall–Kier alpha value is -1.85. The van der Waals surface area contributed by atoms with Crippen LogP contribution < -0.4 is 5.32 Å². The number of carboxylic acids is 1. The minimum atomic E-state index is -1.07. The van der Waals surface area contributed by atoms with Crippen molar-refractivity contribution in [2.24, 2.45) is 0 Å². The van der Waals surface area contributed by atoms with Crippen LogP contribution in [-0.4, -0.2) is 17.0 Å². The van der Waals surface area contributed by atoms with Gasteiger partial charge in [0.25, 0.3) is 0 Å². The third-order valence-corrected chi connectivity index (χ3v) is 3.55. The normalized spacial score (nSPS) is 10.2. The lowest BCUT2D eigenvalue weighted by Gasteiger charge is -2.08. The largest absolute Gasteiger partial charge is 0.478 e. The minimum absolute atomic E-state index is 0.0741. The summed E-state index contributed by atoms with van der Waals surface area (Å²) in [5.74, 6) is -1.29. The lowest BCUT2D eigenvalue weighted by Crippen LogP contribution is -2.14. The fourth-order valence-electron chi connectivity index (χ4n) is 1.78. The van der Waals surface area contributed by atoms with Crippen molar-refractivity contribution < 1.29 is 14.7 Å². The van der Waals surface area contributed by atoms with Gasteiger partial charge in [0.2, 0.25) is 5.91 Å². The summed E-state index contributed by atoms with van der Waals surface area (Å²) in [7, 11) is 0. The van der Waals surface area contributed by atoms with Gasteiger partial charge in [-0.15, -0.1) is 0 Å². The van der Waals surface area contributed by atoms with Gasteiger partial charge in [0, 0.05) is 4.47 Å². The number of hydrogen-bond acceptors (Lipinski definition) is 2. The van der Waals surface area contributed by atoms with Crippen LogP contribution in [0.15, 0.2) is 46.9 Å². The van der Waals surface area contributed by atoms with E-state index in [1.165, 1.54) is 18.2 Å². The van der Waals surface area contributed by atoms with Crippen molar-refractivity contribution in [1.29, 1.82) is 0 Å². The first-order chi connectivity index (χ1) is 9.95. The third kappa shape index (κ3) is 4.31. The highest BCUT2D eigenvalue weighted by atomic mass is 79.9. The molecule has 0 atom stereocenters. The van der Waals surface area contributed by atoms with Gasteiger partial charge in [-0.25, -0.2) is 4.79 Å². The van der Waals surface area contributed by atoms with E-state index in [9.17, 15) is 9.59 Å². The van der Waals surface area contributed by atoms with E-state index >= 15 is 0 Å². The second-order valence-electron chi connectivity index (χ2n) is 4.35. The molecule has 2 rings (SSSR count). The van der Waals surface area contributed by atoms with E-state index in [0.717, 1.165) is 10.0 Å². The van der Waals surface area contributed by atoms with Gasteiger partial charge in [-0.2, -0.15) is 0 Å². The quantitative estimate of drug-likeness (QED) is 0.858. The molecule has 0 heterocycles. The van der Waals surface area contributed by atoms with Crippen LogP contribution in [0.3, 0.4) is 0 Å². The summed E-state index contributed by atoms with van der Waals surface area (Å²) in [5.41, 5.74) is 1.33. The maximum Gasteiger partial charge on any atom is 0.335 e. The summed E-state index contributed by atoms with van der Waals surface area (Å²) in [6.07, 6.45) is 0.205. The first-order valence-electron chi connectivity index (χ1n) is 6.03. The van der Waals surface area contributed by atoms with Gasteiger partial charge in [-0.1, -0.05) is 39.7 Å². The number of rotatable bonds is 4. The monoisotopic (exact) mass is 367 g/mol. The summed E-state index contributed by atoms with van der Waals surface area (Å²) in [6.45, 7) is 0. The lowest BCUT2D eigenvalue weighted by atomic mass is 10.1. The maximum atomic E-state index is 12.0. The molecule has 0 spiro atoms. The van der Waals surface area contributed by atoms with Crippen molar-refractivity contribution in [2.45, 2.75) is 6.42 Å². The first-order valence-corrected chi connectivity index (χ1v) is 7.20. The van der Waals surface area contributed by atoms with Crippen molar-refractivity contribution in [2.75, 3.05) is 5.32 Å². The van der Waals surface area contributed by atoms with E-state index in [4.69, 9.17) is 16.7 Å². The Kier molecular flexibility index (Phi) is 4.98. The molecule has 0 unspecified atom stereocenters. The zero-order valence-corrected chi connectivity index (χ0v) is 13.1. The minimum Gasteiger partial charge on any atom is -0.478 e. The molecule has 0 aliphatic carbocycles. The number of benzene rings is 2. The second-order valence-corrected chi connectivity index (χ2v) is 5.68. The van der Waals surface area contributed by atoms with Crippen LogP contribution in [0, 0.1) is 0 Å². The SMILES string of the molecule is O=C(Cc1cccc(Br)c1)Nc1ccc(C(=O)O)cc1Cl. The Bertz CT molecular complexity index is 703. The number of carboxylic acid groups (broad SMARTS) is 1. The molecule has 0 fully saturated rings. The number of amides is 1. The first kappa shape index (κ1) is 15.5. The Labute approximate surface area is 134 Å². The molecular weight excluding hydrogens is 358 g/mol. The number of aromatic carboxylic acids is 1. The molecule has 0 aliphatic rings. The van der Waals surface area contributed by atoms with Crippen LogP contribution in [0.25, 0.3) is 0 Å². The highest BCUT2D eigenvalue weighted by Crippen LogP contribution is 2.23. The molecule has 0 saturated carbocycles. The zero-order valence-electron chi connectivity index (χ0n) is 10.8. The fourth-order valence-corrected chi connectivity index (χ4v) is 2.45. The molecule has 0 bridgehead atoms. The van der Waals surface area contributed by atoms with Crippen molar-refractivity contribution >= 4 is 45.1 Å². The Morgan fingerprint density at radius 1 is 1.19 bits per heavy atom. The highest BCUT2D eigenvalue weighted by molar-refractivity contribution is 9.10. The molecule has 2 N–H and O–H groups in total. The number of nitrogens with one attached hydrogen (secondary N) is 1. The van der Waals surface area contributed by atoms with Crippen LogP contribution >= 0.6 is 27.5 Å². The van der Waals surface area contributed by atoms with E-state index in [-0.39, 0.29) is 22.9 Å². The van der Waals surface area contributed by atoms with Crippen LogP contribution in [0.5, 0.6) is 0 Å². The van der Waals surface area contributed by atoms with E-state index < -0.39 is 5.97 Å². The molecule has 21 heavy (non-hydrogen) atoms. The predicted molar refractivity (Wildman–Crippen MR) is 84.9 cm³/mol. The highest BCUT2D eigenvalue weighted by Gasteiger charge is 2.10. The van der Waals surface area contributed by atoms with Gasteiger partial charge < -0.3 is 10.4 Å². The lowest BCUT2D eigenvalue weighted by molar-refractivity contribution is -0.115. The molecule has 0 saturated heterocycles. The van der Waals surface area contributed by atoms with Crippen LogP contribution in [0.4, 0.5) is 5.69 Å². The average Bonchev–Trinajstić information content (AvgIpc) is 2.40. The Morgan fingerprint density at radius 3 is 2.57 bits per heavy atom. The van der Waals surface area contributed by atoms with Crippen LogP contribution in [-0.2, 0) is 11.2 Å². The molecule has 108 valence electrons. The van der Waals surface area contributed by atoms with Gasteiger partial charge in [-0.3, -0.25) is 4.79 Å². The molecule has 0 aromatic heterocycles. The zero-order chi connectivity index (χ0) is 15.4. The number of carbonyl (C=O) groups excluding carboxylic acids is 1. The van der Waals surface area contributed by atoms with E-state index in [0.29, 0.717) is 5.69 Å². The number of anilines is 1. The smallest absolute Gasteiger partial charge is 0.335 e. The molecule has 0 aliphatic heterocycles. The summed E-state index contributed by atoms with van der Waals surface area (Å²) in [6, 6.07) is 11.6. The summed E-state index contributed by atoms with van der Waals surface area (Å²) < 4.78 is 0.900. The van der Waals surface area contributed by atoms with Gasteiger partial charge in [0.1, 0.15) is 0 Å². The van der Waals surface area contributed by atoms with E-state index in [1.54, 1.807) is 0 Å². The van der Waals surface area contributed by atoms with Gasteiger partial charge in [0.05, 0.1) is 22.7 Å². The van der Waals surface area contributed by atoms with Gasteiger partial charge in [-0.05, 0) is 35.9 Å². The molecule has 1 amide bonds. The molecule has 6 heteroatoms. The topological polar surface area (TPSA) is 66.4 Å². The van der Waals surface area contributed by atoms with E-state index in [2.05, 4.69) is 21.2 Å². The fraction of sp³-hybridized carbons (Fsp3) is 0.0667. The average molecular weight is 369 g/mol. The van der Waals surface area contributed by atoms with Crippen molar-refractivity contribution in [3.8, 4) is 0 Å². The summed E-state index contributed by atoms with van der Waals surface area (Å²) in [5, 5.41) is 11.7. The van der Waals surface area contributed by atoms with E-state index in [1.807, 2.05) is 24.3 Å². The molecule has 4 nitrogen and oxygen atoms in total. The Balaban J connectivity index is 2.08. The number of halogens is 2. The standard InChI is InChI=1S/C15H11BrClNO3/c16-11-3-1-2-9(6-11)7-14(19)18-13-5-4-10(15(20)21)8-12(13)17/h1-6,8H,7H2,(H,18,19)(H,20,21). The van der Waals surface area contributed by atoms with Crippen LogP contribution in [0.2, 0.25) is 5.02 Å². The van der Waals surface area contributed by atoms with Crippen molar-refractivity contribution in [1.82, 2.24) is 0 Å². The summed E-state index contributed by atoms with van der Waals surface area (Å²) in [4.78, 5) is 22.8. The molecule has 0 radical (unpaired) electrons. The molecular formula is C15H11BrClNO3. The second kappa shape index (κ2) is 6.74. The Morgan fingerprint density at radius 2 is 1.95 bits per heavy atom. The van der Waals surface area contributed by atoms with Gasteiger partial charge in [0.15, 0.2) is 0 Å². The maximum absolute atomic E-state index is 12.0. The van der Waals surface area contributed by atoms with Crippen molar-refractivity contribution in [3.63, 3.8) is 0 Å². The number of hydrogen-bond donors (Lipinski definition) is 2. The molecule has 2 aromatic rings. The van der Waals surface area contributed by atoms with Crippen LogP contribution in [0.1, 0.15) is 15.9 Å². The summed E-state index contributed by atoms with van der Waals surface area (Å²) >= 11 is 9.30. The van der Waals surface area contributed by atoms with Crippen molar-refractivity contribution in [3.05, 3.63) is 63.1 Å². The third-order valence-electron chi connectivity index (χ3n) is 2.74. The molecule has 2 aromatic carbocycles. The number of carbonyl (C=O) groups is 2. The van der Waals surface area contributed by atoms with Gasteiger partial charge >= 0.3 is 5.97 Å².